The van der Waals surface area contributed by atoms with Crippen LogP contribution in [0.5, 0.6) is 0 Å². The fraction of sp³-hybridized carbons (Fsp3) is 0.400. The molecule has 4 heteroatoms. The third-order valence-electron chi connectivity index (χ3n) is 2.47. The monoisotopic (exact) mass is 217 g/mol. The van der Waals surface area contributed by atoms with Crippen LogP contribution in [0, 0.1) is 5.82 Å². The van der Waals surface area contributed by atoms with Gasteiger partial charge >= 0.3 is 0 Å². The molecule has 1 heterocycles. The van der Waals surface area contributed by atoms with Crippen LogP contribution in [0.15, 0.2) is 18.2 Å². The van der Waals surface area contributed by atoms with E-state index in [1.807, 2.05) is 6.92 Å². The molecule has 2 atom stereocenters. The van der Waals surface area contributed by atoms with Gasteiger partial charge < -0.3 is 10.5 Å². The second-order valence-electron chi connectivity index (χ2n) is 3.39. The fourth-order valence-corrected chi connectivity index (χ4v) is 1.60. The highest BCUT2D eigenvalue weighted by molar-refractivity contribution is 5.85. The summed E-state index contributed by atoms with van der Waals surface area (Å²) in [6.07, 6.45) is 0.0120. The second-order valence-corrected chi connectivity index (χ2v) is 3.39. The van der Waals surface area contributed by atoms with Gasteiger partial charge in [0.1, 0.15) is 5.82 Å². The Labute approximate surface area is 88.7 Å². The van der Waals surface area contributed by atoms with Gasteiger partial charge in [-0.05, 0) is 30.2 Å². The highest BCUT2D eigenvalue weighted by atomic mass is 35.5. The van der Waals surface area contributed by atoms with Gasteiger partial charge in [-0.1, -0.05) is 6.07 Å². The molecule has 0 spiro atoms. The number of ether oxygens (including phenoxy) is 1. The van der Waals surface area contributed by atoms with E-state index in [0.717, 1.165) is 11.1 Å². The first-order valence-electron chi connectivity index (χ1n) is 4.34. The molecule has 14 heavy (non-hydrogen) atoms. The van der Waals surface area contributed by atoms with E-state index in [1.54, 1.807) is 6.07 Å². The lowest BCUT2D eigenvalue weighted by atomic mass is 9.95. The Morgan fingerprint density at radius 1 is 1.50 bits per heavy atom. The average Bonchev–Trinajstić information content (AvgIpc) is 2.12. The van der Waals surface area contributed by atoms with E-state index in [0.29, 0.717) is 6.61 Å². The van der Waals surface area contributed by atoms with Gasteiger partial charge in [0.15, 0.2) is 0 Å². The second kappa shape index (κ2) is 4.26. The van der Waals surface area contributed by atoms with Crippen LogP contribution >= 0.6 is 12.4 Å². The van der Waals surface area contributed by atoms with Crippen molar-refractivity contribution in [1.82, 2.24) is 0 Å². The van der Waals surface area contributed by atoms with Crippen molar-refractivity contribution in [3.8, 4) is 0 Å². The molecule has 2 nitrogen and oxygen atoms in total. The molecular formula is C10H13ClFNO. The molecule has 0 aromatic heterocycles. The van der Waals surface area contributed by atoms with Crippen molar-refractivity contribution in [2.45, 2.75) is 25.7 Å². The SMILES string of the molecule is C[C@H]1OCc2cc(F)ccc2[C@@H]1N.Cl. The summed E-state index contributed by atoms with van der Waals surface area (Å²) in [4.78, 5) is 0. The van der Waals surface area contributed by atoms with E-state index >= 15 is 0 Å². The van der Waals surface area contributed by atoms with Crippen LogP contribution in [-0.4, -0.2) is 6.10 Å². The van der Waals surface area contributed by atoms with Crippen LogP contribution < -0.4 is 5.73 Å². The Hall–Kier alpha value is -0.640. The molecule has 1 aromatic rings. The zero-order chi connectivity index (χ0) is 9.42. The van der Waals surface area contributed by atoms with Crippen LogP contribution in [-0.2, 0) is 11.3 Å². The summed E-state index contributed by atoms with van der Waals surface area (Å²) in [6, 6.07) is 4.54. The van der Waals surface area contributed by atoms with E-state index in [2.05, 4.69) is 0 Å². The first-order valence-corrected chi connectivity index (χ1v) is 4.34. The third-order valence-corrected chi connectivity index (χ3v) is 2.47. The number of halogens is 2. The van der Waals surface area contributed by atoms with Gasteiger partial charge in [-0.15, -0.1) is 12.4 Å². The summed E-state index contributed by atoms with van der Waals surface area (Å²) >= 11 is 0. The van der Waals surface area contributed by atoms with Crippen LogP contribution in [0.25, 0.3) is 0 Å². The van der Waals surface area contributed by atoms with Crippen molar-refractivity contribution in [3.63, 3.8) is 0 Å². The molecule has 1 aromatic carbocycles. The lowest BCUT2D eigenvalue weighted by Crippen LogP contribution is -2.31. The molecule has 2 rings (SSSR count). The number of fused-ring (bicyclic) bond motifs is 1. The lowest BCUT2D eigenvalue weighted by Gasteiger charge is -2.28. The number of nitrogens with two attached hydrogens (primary N) is 1. The highest BCUT2D eigenvalue weighted by Crippen LogP contribution is 2.27. The summed E-state index contributed by atoms with van der Waals surface area (Å²) < 4.78 is 18.2. The molecular weight excluding hydrogens is 205 g/mol. The Bertz CT molecular complexity index is 332. The Morgan fingerprint density at radius 2 is 2.21 bits per heavy atom. The van der Waals surface area contributed by atoms with Crippen molar-refractivity contribution < 1.29 is 9.13 Å². The lowest BCUT2D eigenvalue weighted by molar-refractivity contribution is 0.0212. The van der Waals surface area contributed by atoms with Crippen molar-refractivity contribution in [1.29, 1.82) is 0 Å². The van der Waals surface area contributed by atoms with Crippen molar-refractivity contribution in [2.24, 2.45) is 5.73 Å². The normalized spacial score (nSPS) is 25.1. The molecule has 0 fully saturated rings. The van der Waals surface area contributed by atoms with Crippen LogP contribution in [0.3, 0.4) is 0 Å². The first kappa shape index (κ1) is 11.4. The number of hydrogen-bond acceptors (Lipinski definition) is 2. The zero-order valence-electron chi connectivity index (χ0n) is 7.87. The van der Waals surface area contributed by atoms with Crippen LogP contribution in [0.2, 0.25) is 0 Å². The van der Waals surface area contributed by atoms with Gasteiger partial charge in [0.2, 0.25) is 0 Å². The molecule has 0 saturated carbocycles. The van der Waals surface area contributed by atoms with E-state index in [-0.39, 0.29) is 30.4 Å². The van der Waals surface area contributed by atoms with Gasteiger partial charge in [-0.25, -0.2) is 4.39 Å². The van der Waals surface area contributed by atoms with E-state index in [1.165, 1.54) is 12.1 Å². The molecule has 0 aliphatic carbocycles. The summed E-state index contributed by atoms with van der Waals surface area (Å²) in [5, 5.41) is 0. The van der Waals surface area contributed by atoms with Crippen molar-refractivity contribution >= 4 is 12.4 Å². The maximum atomic E-state index is 12.8. The van der Waals surface area contributed by atoms with Crippen LogP contribution in [0.1, 0.15) is 24.1 Å². The van der Waals surface area contributed by atoms with Gasteiger partial charge in [-0.2, -0.15) is 0 Å². The predicted octanol–water partition coefficient (Wildman–Crippen LogP) is 2.17. The van der Waals surface area contributed by atoms with E-state index in [9.17, 15) is 4.39 Å². The minimum absolute atomic E-state index is 0. The zero-order valence-corrected chi connectivity index (χ0v) is 8.68. The molecule has 0 radical (unpaired) electrons. The summed E-state index contributed by atoms with van der Waals surface area (Å²) in [5.41, 5.74) is 7.76. The molecule has 0 saturated heterocycles. The molecule has 0 unspecified atom stereocenters. The first-order chi connectivity index (χ1) is 6.18. The highest BCUT2D eigenvalue weighted by Gasteiger charge is 2.23. The van der Waals surface area contributed by atoms with Crippen molar-refractivity contribution in [3.05, 3.63) is 35.1 Å². The molecule has 78 valence electrons. The minimum atomic E-state index is -0.232. The van der Waals surface area contributed by atoms with Crippen LogP contribution in [0.4, 0.5) is 4.39 Å². The molecule has 0 amide bonds. The molecule has 1 aliphatic rings. The standard InChI is InChI=1S/C10H12FNO.ClH/c1-6-10(12)9-3-2-8(11)4-7(9)5-13-6;/h2-4,6,10H,5,12H2,1H3;1H/t6-,10-;/m1./s1. The fourth-order valence-electron chi connectivity index (χ4n) is 1.60. The van der Waals surface area contributed by atoms with Gasteiger partial charge in [0, 0.05) is 0 Å². The predicted molar refractivity (Wildman–Crippen MR) is 54.8 cm³/mol. The summed E-state index contributed by atoms with van der Waals surface area (Å²) in [7, 11) is 0. The Balaban J connectivity index is 0.000000980. The topological polar surface area (TPSA) is 35.2 Å². The summed E-state index contributed by atoms with van der Waals surface area (Å²) in [5.74, 6) is -0.232. The largest absolute Gasteiger partial charge is 0.372 e. The van der Waals surface area contributed by atoms with Crippen molar-refractivity contribution in [2.75, 3.05) is 0 Å². The van der Waals surface area contributed by atoms with E-state index in [4.69, 9.17) is 10.5 Å². The quantitative estimate of drug-likeness (QED) is 0.723. The Morgan fingerprint density at radius 3 is 2.93 bits per heavy atom. The molecule has 2 N–H and O–H groups in total. The van der Waals surface area contributed by atoms with E-state index < -0.39 is 0 Å². The maximum Gasteiger partial charge on any atom is 0.123 e. The number of hydrogen-bond donors (Lipinski definition) is 1. The third kappa shape index (κ3) is 1.90. The Kier molecular flexibility index (Phi) is 3.48. The molecule has 1 aliphatic heterocycles. The molecule has 0 bridgehead atoms. The van der Waals surface area contributed by atoms with Gasteiger partial charge in [-0.3, -0.25) is 0 Å². The maximum absolute atomic E-state index is 12.8. The van der Waals surface area contributed by atoms with Gasteiger partial charge in [0.25, 0.3) is 0 Å². The smallest absolute Gasteiger partial charge is 0.123 e. The van der Waals surface area contributed by atoms with Gasteiger partial charge in [0.05, 0.1) is 18.8 Å². The summed E-state index contributed by atoms with van der Waals surface area (Å²) in [6.45, 7) is 2.39. The number of rotatable bonds is 0. The average molecular weight is 218 g/mol. The minimum Gasteiger partial charge on any atom is -0.372 e. The number of benzene rings is 1.